The van der Waals surface area contributed by atoms with Crippen LogP contribution in [-0.4, -0.2) is 24.2 Å². The third-order valence-electron chi connectivity index (χ3n) is 3.51. The molecule has 1 amide bonds. The van der Waals surface area contributed by atoms with Crippen LogP contribution in [0.2, 0.25) is 5.02 Å². The number of para-hydroxylation sites is 1. The molecule has 0 fully saturated rings. The van der Waals surface area contributed by atoms with Crippen molar-refractivity contribution in [3.8, 4) is 0 Å². The zero-order valence-electron chi connectivity index (χ0n) is 12.8. The molecule has 0 saturated carbocycles. The van der Waals surface area contributed by atoms with Crippen LogP contribution >= 0.6 is 11.6 Å². The zero-order valence-corrected chi connectivity index (χ0v) is 13.6. The van der Waals surface area contributed by atoms with Crippen molar-refractivity contribution in [2.24, 2.45) is 0 Å². The van der Waals surface area contributed by atoms with E-state index in [1.54, 1.807) is 12.1 Å². The lowest BCUT2D eigenvalue weighted by Gasteiger charge is -2.19. The smallest absolute Gasteiger partial charge is 0.238 e. The van der Waals surface area contributed by atoms with E-state index >= 15 is 0 Å². The number of aliphatic hydroxyl groups is 1. The van der Waals surface area contributed by atoms with Crippen molar-refractivity contribution in [1.82, 2.24) is 5.32 Å². The summed E-state index contributed by atoms with van der Waals surface area (Å²) in [7, 11) is 0. The quantitative estimate of drug-likeness (QED) is 0.694. The predicted octanol–water partition coefficient (Wildman–Crippen LogP) is 3.38. The van der Waals surface area contributed by atoms with E-state index in [4.69, 9.17) is 16.7 Å². The van der Waals surface area contributed by atoms with Crippen molar-refractivity contribution >= 4 is 23.2 Å². The molecular weight excluding hydrogens is 312 g/mol. The number of halogens is 1. The number of rotatable bonds is 8. The summed E-state index contributed by atoms with van der Waals surface area (Å²) in [6, 6.07) is 17.1. The highest BCUT2D eigenvalue weighted by molar-refractivity contribution is 6.33. The molecule has 1 unspecified atom stereocenters. The van der Waals surface area contributed by atoms with Crippen LogP contribution in [0.1, 0.15) is 24.4 Å². The van der Waals surface area contributed by atoms with E-state index in [2.05, 4.69) is 10.6 Å². The molecule has 4 nitrogen and oxygen atoms in total. The van der Waals surface area contributed by atoms with E-state index in [1.807, 2.05) is 42.5 Å². The third kappa shape index (κ3) is 5.67. The molecule has 0 radical (unpaired) electrons. The molecule has 0 aliphatic rings. The summed E-state index contributed by atoms with van der Waals surface area (Å²) in [5.74, 6) is -0.150. The molecule has 0 saturated heterocycles. The average Bonchev–Trinajstić information content (AvgIpc) is 2.58. The number of nitrogens with one attached hydrogen (secondary N) is 2. The summed E-state index contributed by atoms with van der Waals surface area (Å²) < 4.78 is 0. The van der Waals surface area contributed by atoms with Gasteiger partial charge in [-0.3, -0.25) is 4.79 Å². The minimum absolute atomic E-state index is 0.0281. The lowest BCUT2D eigenvalue weighted by atomic mass is 10.0. The van der Waals surface area contributed by atoms with Gasteiger partial charge >= 0.3 is 0 Å². The number of carbonyl (C=O) groups is 1. The topological polar surface area (TPSA) is 61.4 Å². The summed E-state index contributed by atoms with van der Waals surface area (Å²) in [6.07, 6.45) is 1.44. The number of anilines is 1. The van der Waals surface area contributed by atoms with E-state index < -0.39 is 0 Å². The molecule has 0 aliphatic carbocycles. The molecule has 2 aromatic carbocycles. The van der Waals surface area contributed by atoms with Gasteiger partial charge in [-0.15, -0.1) is 0 Å². The Morgan fingerprint density at radius 2 is 1.78 bits per heavy atom. The fraction of sp³-hybridized carbons (Fsp3) is 0.278. The minimum atomic E-state index is -0.150. The standard InChI is InChI=1S/C18H21ClN2O2/c19-15-9-4-5-10-17(15)21-18(23)13-20-16(11-6-12-22)14-7-2-1-3-8-14/h1-5,7-10,16,20,22H,6,11-13H2,(H,21,23). The largest absolute Gasteiger partial charge is 0.396 e. The number of carbonyl (C=O) groups excluding carboxylic acids is 1. The van der Waals surface area contributed by atoms with Crippen molar-refractivity contribution in [2.75, 3.05) is 18.5 Å². The first-order valence-electron chi connectivity index (χ1n) is 7.64. The summed E-state index contributed by atoms with van der Waals surface area (Å²) in [4.78, 5) is 12.1. The molecule has 0 aromatic heterocycles. The minimum Gasteiger partial charge on any atom is -0.396 e. The normalized spacial score (nSPS) is 11.9. The van der Waals surface area contributed by atoms with Crippen LogP contribution in [-0.2, 0) is 4.79 Å². The summed E-state index contributed by atoms with van der Waals surface area (Å²) in [6.45, 7) is 0.313. The van der Waals surface area contributed by atoms with Crippen molar-refractivity contribution < 1.29 is 9.90 Å². The van der Waals surface area contributed by atoms with Crippen LogP contribution in [0.4, 0.5) is 5.69 Å². The Labute approximate surface area is 141 Å². The van der Waals surface area contributed by atoms with Crippen LogP contribution < -0.4 is 10.6 Å². The van der Waals surface area contributed by atoms with Crippen LogP contribution in [0.25, 0.3) is 0 Å². The Bertz CT molecular complexity index is 619. The van der Waals surface area contributed by atoms with Crippen molar-refractivity contribution in [2.45, 2.75) is 18.9 Å². The lowest BCUT2D eigenvalue weighted by Crippen LogP contribution is -2.31. The van der Waals surface area contributed by atoms with Crippen molar-refractivity contribution in [1.29, 1.82) is 0 Å². The highest BCUT2D eigenvalue weighted by Crippen LogP contribution is 2.21. The Morgan fingerprint density at radius 3 is 2.48 bits per heavy atom. The zero-order chi connectivity index (χ0) is 16.5. The number of hydrogen-bond acceptors (Lipinski definition) is 3. The van der Waals surface area contributed by atoms with Crippen LogP contribution in [0.5, 0.6) is 0 Å². The summed E-state index contributed by atoms with van der Waals surface area (Å²) in [5, 5.41) is 15.6. The monoisotopic (exact) mass is 332 g/mol. The molecule has 2 rings (SSSR count). The van der Waals surface area contributed by atoms with Crippen LogP contribution in [0.15, 0.2) is 54.6 Å². The maximum Gasteiger partial charge on any atom is 0.238 e. The predicted molar refractivity (Wildman–Crippen MR) is 93.6 cm³/mol. The first kappa shape index (κ1) is 17.5. The van der Waals surface area contributed by atoms with E-state index in [1.165, 1.54) is 0 Å². The van der Waals surface area contributed by atoms with Gasteiger partial charge in [0.2, 0.25) is 5.91 Å². The average molecular weight is 333 g/mol. The maximum absolute atomic E-state index is 12.1. The van der Waals surface area contributed by atoms with E-state index in [0.29, 0.717) is 17.1 Å². The van der Waals surface area contributed by atoms with Crippen LogP contribution in [0.3, 0.4) is 0 Å². The van der Waals surface area contributed by atoms with Gasteiger partial charge < -0.3 is 15.7 Å². The Kier molecular flexibility index (Phi) is 7.07. The van der Waals surface area contributed by atoms with Gasteiger partial charge in [-0.1, -0.05) is 54.1 Å². The third-order valence-corrected chi connectivity index (χ3v) is 3.84. The SMILES string of the molecule is O=C(CNC(CCCO)c1ccccc1)Nc1ccccc1Cl. The van der Waals surface area contributed by atoms with Gasteiger partial charge in [-0.2, -0.15) is 0 Å². The second kappa shape index (κ2) is 9.30. The molecule has 2 aromatic rings. The van der Waals surface area contributed by atoms with E-state index in [0.717, 1.165) is 12.0 Å². The van der Waals surface area contributed by atoms with Gasteiger partial charge in [0, 0.05) is 12.6 Å². The van der Waals surface area contributed by atoms with Crippen molar-refractivity contribution in [3.05, 3.63) is 65.2 Å². The maximum atomic E-state index is 12.1. The number of benzene rings is 2. The van der Waals surface area contributed by atoms with Crippen molar-refractivity contribution in [3.63, 3.8) is 0 Å². The summed E-state index contributed by atoms with van der Waals surface area (Å²) >= 11 is 6.03. The van der Waals surface area contributed by atoms with Gasteiger partial charge in [-0.05, 0) is 30.5 Å². The second-order valence-electron chi connectivity index (χ2n) is 5.24. The van der Waals surface area contributed by atoms with Gasteiger partial charge in [-0.25, -0.2) is 0 Å². The number of hydrogen-bond donors (Lipinski definition) is 3. The lowest BCUT2D eigenvalue weighted by molar-refractivity contribution is -0.115. The molecule has 1 atom stereocenters. The fourth-order valence-corrected chi connectivity index (χ4v) is 2.52. The van der Waals surface area contributed by atoms with Gasteiger partial charge in [0.15, 0.2) is 0 Å². The highest BCUT2D eigenvalue weighted by Gasteiger charge is 2.13. The van der Waals surface area contributed by atoms with Crippen LogP contribution in [0, 0.1) is 0 Å². The number of amides is 1. The fourth-order valence-electron chi connectivity index (χ4n) is 2.34. The molecule has 0 bridgehead atoms. The Balaban J connectivity index is 1.92. The second-order valence-corrected chi connectivity index (χ2v) is 5.65. The van der Waals surface area contributed by atoms with E-state index in [-0.39, 0.29) is 25.1 Å². The molecule has 3 N–H and O–H groups in total. The molecule has 0 heterocycles. The highest BCUT2D eigenvalue weighted by atomic mass is 35.5. The van der Waals surface area contributed by atoms with Gasteiger partial charge in [0.05, 0.1) is 17.3 Å². The molecule has 23 heavy (non-hydrogen) atoms. The molecule has 5 heteroatoms. The first-order valence-corrected chi connectivity index (χ1v) is 8.02. The Morgan fingerprint density at radius 1 is 1.09 bits per heavy atom. The van der Waals surface area contributed by atoms with Gasteiger partial charge in [0.1, 0.15) is 0 Å². The molecule has 0 spiro atoms. The van der Waals surface area contributed by atoms with Gasteiger partial charge in [0.25, 0.3) is 0 Å². The summed E-state index contributed by atoms with van der Waals surface area (Å²) in [5.41, 5.74) is 1.71. The van der Waals surface area contributed by atoms with E-state index in [9.17, 15) is 4.79 Å². The first-order chi connectivity index (χ1) is 11.2. The molecule has 122 valence electrons. The number of aliphatic hydroxyl groups excluding tert-OH is 1. The molecule has 0 aliphatic heterocycles. The molecular formula is C18H21ClN2O2. The Hall–Kier alpha value is -1.88.